The summed E-state index contributed by atoms with van der Waals surface area (Å²) in [4.78, 5) is 33.4. The lowest BCUT2D eigenvalue weighted by Gasteiger charge is -2.34. The van der Waals surface area contributed by atoms with Crippen molar-refractivity contribution in [1.29, 1.82) is 0 Å². The summed E-state index contributed by atoms with van der Waals surface area (Å²) in [6, 6.07) is 13.4. The molecule has 148 valence electrons. The molecule has 1 aromatic heterocycles. The fourth-order valence-electron chi connectivity index (χ4n) is 4.31. The van der Waals surface area contributed by atoms with E-state index in [1.807, 2.05) is 18.2 Å². The van der Waals surface area contributed by atoms with Crippen LogP contribution in [-0.4, -0.2) is 40.8 Å². The van der Waals surface area contributed by atoms with Crippen LogP contribution in [0.1, 0.15) is 30.2 Å². The Bertz CT molecular complexity index is 1060. The number of carbonyl (C=O) groups is 2. The highest BCUT2D eigenvalue weighted by atomic mass is 32.1. The van der Waals surface area contributed by atoms with Crippen LogP contribution in [0.5, 0.6) is 0 Å². The van der Waals surface area contributed by atoms with Gasteiger partial charge in [-0.15, -0.1) is 11.3 Å². The van der Waals surface area contributed by atoms with Crippen molar-refractivity contribution in [1.82, 2.24) is 9.88 Å². The number of anilines is 1. The number of halogens is 1. The van der Waals surface area contributed by atoms with Crippen molar-refractivity contribution in [2.75, 3.05) is 18.0 Å². The second-order valence-corrected chi connectivity index (χ2v) is 8.66. The first-order chi connectivity index (χ1) is 14.1. The second-order valence-electron chi connectivity index (χ2n) is 7.60. The molecule has 5 rings (SSSR count). The number of likely N-dealkylation sites (tertiary alicyclic amines) is 1. The average molecular weight is 409 g/mol. The quantitative estimate of drug-likeness (QED) is 0.615. The first kappa shape index (κ1) is 18.4. The standard InChI is InChI=1S/C22H20FN3O2S/c23-15-4-3-5-16(12-15)26-20(27)13-18(22(26)28)25-10-8-14(9-11-25)21-24-17-6-1-2-7-19(17)29-21/h1-7,12,14,18H,8-11,13H2/t18-/m0/s1. The Labute approximate surface area is 171 Å². The van der Waals surface area contributed by atoms with Crippen LogP contribution in [0, 0.1) is 5.82 Å². The number of hydrogen-bond donors (Lipinski definition) is 0. The molecule has 2 aliphatic rings. The minimum atomic E-state index is -0.456. The van der Waals surface area contributed by atoms with Gasteiger partial charge in [0, 0.05) is 5.92 Å². The summed E-state index contributed by atoms with van der Waals surface area (Å²) < 4.78 is 14.7. The maximum Gasteiger partial charge on any atom is 0.251 e. The van der Waals surface area contributed by atoms with Crippen molar-refractivity contribution < 1.29 is 14.0 Å². The van der Waals surface area contributed by atoms with Gasteiger partial charge in [0.2, 0.25) is 5.91 Å². The van der Waals surface area contributed by atoms with Gasteiger partial charge in [-0.05, 0) is 56.3 Å². The average Bonchev–Trinajstić information content (AvgIpc) is 3.29. The molecular weight excluding hydrogens is 389 g/mol. The van der Waals surface area contributed by atoms with E-state index in [9.17, 15) is 14.0 Å². The fraction of sp³-hybridized carbons (Fsp3) is 0.318. The van der Waals surface area contributed by atoms with E-state index < -0.39 is 11.9 Å². The summed E-state index contributed by atoms with van der Waals surface area (Å²) in [7, 11) is 0. The molecule has 0 aliphatic carbocycles. The van der Waals surface area contributed by atoms with Gasteiger partial charge in [0.05, 0.1) is 33.4 Å². The SMILES string of the molecule is O=C1C[C@H](N2CCC(c3nc4ccccc4s3)CC2)C(=O)N1c1cccc(F)c1. The van der Waals surface area contributed by atoms with Gasteiger partial charge in [-0.25, -0.2) is 14.3 Å². The maximum atomic E-state index is 13.5. The lowest BCUT2D eigenvalue weighted by molar-refractivity contribution is -0.123. The molecule has 7 heteroatoms. The number of rotatable bonds is 3. The van der Waals surface area contributed by atoms with Crippen molar-refractivity contribution in [3.63, 3.8) is 0 Å². The predicted octanol–water partition coefficient (Wildman–Crippen LogP) is 3.95. The van der Waals surface area contributed by atoms with Crippen LogP contribution in [0.4, 0.5) is 10.1 Å². The molecule has 2 aromatic carbocycles. The number of thiazole rings is 1. The van der Waals surface area contributed by atoms with Crippen LogP contribution in [-0.2, 0) is 9.59 Å². The third kappa shape index (κ3) is 3.34. The number of benzene rings is 2. The monoisotopic (exact) mass is 409 g/mol. The molecule has 0 bridgehead atoms. The van der Waals surface area contributed by atoms with Crippen molar-refractivity contribution in [2.24, 2.45) is 0 Å². The van der Waals surface area contributed by atoms with E-state index >= 15 is 0 Å². The number of imide groups is 1. The van der Waals surface area contributed by atoms with Gasteiger partial charge in [-0.1, -0.05) is 18.2 Å². The molecule has 0 N–H and O–H groups in total. The third-order valence-corrected chi connectivity index (χ3v) is 7.02. The fourth-order valence-corrected chi connectivity index (χ4v) is 5.45. The number of carbonyl (C=O) groups excluding carboxylic acids is 2. The van der Waals surface area contributed by atoms with Crippen LogP contribution >= 0.6 is 11.3 Å². The van der Waals surface area contributed by atoms with Gasteiger partial charge >= 0.3 is 0 Å². The van der Waals surface area contributed by atoms with E-state index in [-0.39, 0.29) is 18.2 Å². The van der Waals surface area contributed by atoms with Gasteiger partial charge in [0.1, 0.15) is 5.82 Å². The van der Waals surface area contributed by atoms with Crippen LogP contribution in [0.3, 0.4) is 0 Å². The van der Waals surface area contributed by atoms with Gasteiger partial charge in [-0.3, -0.25) is 14.5 Å². The molecule has 0 saturated carbocycles. The number of amides is 2. The maximum absolute atomic E-state index is 13.5. The smallest absolute Gasteiger partial charge is 0.251 e. The number of fused-ring (bicyclic) bond motifs is 1. The molecular formula is C22H20FN3O2S. The van der Waals surface area contributed by atoms with E-state index in [4.69, 9.17) is 4.98 Å². The van der Waals surface area contributed by atoms with E-state index in [2.05, 4.69) is 11.0 Å². The first-order valence-electron chi connectivity index (χ1n) is 9.82. The largest absolute Gasteiger partial charge is 0.291 e. The summed E-state index contributed by atoms with van der Waals surface area (Å²) in [5.74, 6) is -0.587. The summed E-state index contributed by atoms with van der Waals surface area (Å²) >= 11 is 1.74. The van der Waals surface area contributed by atoms with Crippen molar-refractivity contribution in [3.05, 3.63) is 59.4 Å². The Balaban J connectivity index is 1.28. The number of nitrogens with zero attached hydrogens (tertiary/aromatic N) is 3. The molecule has 2 aliphatic heterocycles. The highest BCUT2D eigenvalue weighted by molar-refractivity contribution is 7.18. The highest BCUT2D eigenvalue weighted by Gasteiger charge is 2.43. The topological polar surface area (TPSA) is 53.5 Å². The number of hydrogen-bond acceptors (Lipinski definition) is 5. The Morgan fingerprint density at radius 2 is 1.83 bits per heavy atom. The van der Waals surface area contributed by atoms with Crippen molar-refractivity contribution in [3.8, 4) is 0 Å². The highest BCUT2D eigenvalue weighted by Crippen LogP contribution is 2.35. The molecule has 1 atom stereocenters. The number of piperidine rings is 1. The van der Waals surface area contributed by atoms with Crippen LogP contribution < -0.4 is 4.90 Å². The summed E-state index contributed by atoms with van der Waals surface area (Å²) in [5, 5.41) is 1.15. The van der Waals surface area contributed by atoms with Gasteiger partial charge < -0.3 is 0 Å². The zero-order chi connectivity index (χ0) is 20.0. The minimum absolute atomic E-state index is 0.154. The van der Waals surface area contributed by atoms with Crippen molar-refractivity contribution in [2.45, 2.75) is 31.2 Å². The Kier molecular flexibility index (Phi) is 4.64. The molecule has 3 aromatic rings. The Hall–Kier alpha value is -2.64. The predicted molar refractivity (Wildman–Crippen MR) is 110 cm³/mol. The zero-order valence-electron chi connectivity index (χ0n) is 15.8. The number of para-hydroxylation sites is 1. The van der Waals surface area contributed by atoms with Crippen LogP contribution in [0.2, 0.25) is 0 Å². The zero-order valence-corrected chi connectivity index (χ0v) is 16.6. The lowest BCUT2D eigenvalue weighted by Crippen LogP contribution is -2.45. The normalized spacial score (nSPS) is 21.4. The van der Waals surface area contributed by atoms with Crippen molar-refractivity contribution >= 4 is 39.1 Å². The minimum Gasteiger partial charge on any atom is -0.291 e. The van der Waals surface area contributed by atoms with Gasteiger partial charge in [0.15, 0.2) is 0 Å². The van der Waals surface area contributed by atoms with Crippen LogP contribution in [0.25, 0.3) is 10.2 Å². The molecule has 2 saturated heterocycles. The molecule has 29 heavy (non-hydrogen) atoms. The first-order valence-corrected chi connectivity index (χ1v) is 10.6. The molecule has 0 radical (unpaired) electrons. The third-order valence-electron chi connectivity index (χ3n) is 5.82. The Morgan fingerprint density at radius 3 is 2.59 bits per heavy atom. The molecule has 5 nitrogen and oxygen atoms in total. The van der Waals surface area contributed by atoms with E-state index in [0.29, 0.717) is 11.6 Å². The summed E-state index contributed by atoms with van der Waals surface area (Å²) in [5.41, 5.74) is 1.35. The molecule has 2 fully saturated rings. The molecule has 0 unspecified atom stereocenters. The van der Waals surface area contributed by atoms with Gasteiger partial charge in [-0.2, -0.15) is 0 Å². The Morgan fingerprint density at radius 1 is 1.03 bits per heavy atom. The van der Waals surface area contributed by atoms with Crippen LogP contribution in [0.15, 0.2) is 48.5 Å². The lowest BCUT2D eigenvalue weighted by atomic mass is 9.96. The molecule has 2 amide bonds. The second kappa shape index (κ2) is 7.31. The summed E-state index contributed by atoms with van der Waals surface area (Å²) in [6.07, 6.45) is 1.98. The molecule has 0 spiro atoms. The van der Waals surface area contributed by atoms with Gasteiger partial charge in [0.25, 0.3) is 5.91 Å². The number of aromatic nitrogens is 1. The van der Waals surface area contributed by atoms with E-state index in [0.717, 1.165) is 41.4 Å². The van der Waals surface area contributed by atoms with E-state index in [1.165, 1.54) is 22.9 Å². The summed E-state index contributed by atoms with van der Waals surface area (Å²) in [6.45, 7) is 1.50. The van der Waals surface area contributed by atoms with E-state index in [1.54, 1.807) is 17.4 Å². The molecule has 3 heterocycles.